The van der Waals surface area contributed by atoms with E-state index in [1.54, 1.807) is 12.3 Å². The van der Waals surface area contributed by atoms with Gasteiger partial charge in [0.15, 0.2) is 5.13 Å². The smallest absolute Gasteiger partial charge is 0.197 e. The molecule has 0 radical (unpaired) electrons. The van der Waals surface area contributed by atoms with Crippen LogP contribution in [-0.4, -0.2) is 4.98 Å². The molecule has 0 bridgehead atoms. The molecule has 6 heteroatoms. The van der Waals surface area contributed by atoms with Crippen molar-refractivity contribution < 1.29 is 4.74 Å². The molecule has 2 aromatic rings. The van der Waals surface area contributed by atoms with Gasteiger partial charge in [-0.3, -0.25) is 5.43 Å². The highest BCUT2D eigenvalue weighted by atomic mass is 35.5. The van der Waals surface area contributed by atoms with Gasteiger partial charge in [-0.2, -0.15) is 0 Å². The fourth-order valence-electron chi connectivity index (χ4n) is 1.15. The zero-order valence-corrected chi connectivity index (χ0v) is 9.89. The molecule has 0 aliphatic rings. The highest BCUT2D eigenvalue weighted by Crippen LogP contribution is 2.25. The first-order valence-electron chi connectivity index (χ1n) is 4.58. The molecule has 0 aliphatic carbocycles. The van der Waals surface area contributed by atoms with E-state index in [-0.39, 0.29) is 0 Å². The Hall–Kier alpha value is -1.30. The van der Waals surface area contributed by atoms with E-state index < -0.39 is 0 Å². The molecular formula is C10H10ClN3OS. The van der Waals surface area contributed by atoms with Gasteiger partial charge in [-0.05, 0) is 12.1 Å². The highest BCUT2D eigenvalue weighted by Gasteiger charge is 2.03. The first-order valence-corrected chi connectivity index (χ1v) is 5.77. The van der Waals surface area contributed by atoms with Crippen molar-refractivity contribution in [2.75, 3.05) is 5.43 Å². The number of anilines is 1. The van der Waals surface area contributed by atoms with Crippen molar-refractivity contribution in [1.29, 1.82) is 0 Å². The first kappa shape index (κ1) is 11.2. The van der Waals surface area contributed by atoms with Crippen molar-refractivity contribution in [3.05, 3.63) is 40.4 Å². The van der Waals surface area contributed by atoms with Crippen LogP contribution in [0.5, 0.6) is 5.75 Å². The lowest BCUT2D eigenvalue weighted by atomic mass is 10.3. The number of ether oxygens (including phenoxy) is 1. The van der Waals surface area contributed by atoms with Crippen molar-refractivity contribution in [2.45, 2.75) is 6.61 Å². The molecule has 84 valence electrons. The number of para-hydroxylation sites is 1. The third kappa shape index (κ3) is 2.63. The number of benzene rings is 1. The van der Waals surface area contributed by atoms with Crippen LogP contribution in [0, 0.1) is 0 Å². The normalized spacial score (nSPS) is 10.1. The van der Waals surface area contributed by atoms with Crippen LogP contribution >= 0.6 is 22.9 Å². The van der Waals surface area contributed by atoms with Crippen molar-refractivity contribution in [1.82, 2.24) is 4.98 Å². The van der Waals surface area contributed by atoms with Gasteiger partial charge >= 0.3 is 0 Å². The number of aromatic nitrogens is 1. The van der Waals surface area contributed by atoms with E-state index in [0.29, 0.717) is 22.5 Å². The third-order valence-corrected chi connectivity index (χ3v) is 3.10. The van der Waals surface area contributed by atoms with E-state index in [1.165, 1.54) is 11.3 Å². The number of hydrogen-bond acceptors (Lipinski definition) is 5. The molecular weight excluding hydrogens is 246 g/mol. The minimum absolute atomic E-state index is 0.434. The predicted octanol–water partition coefficient (Wildman–Crippen LogP) is 2.66. The van der Waals surface area contributed by atoms with Gasteiger partial charge in [0.2, 0.25) is 0 Å². The fourth-order valence-corrected chi connectivity index (χ4v) is 1.98. The summed E-state index contributed by atoms with van der Waals surface area (Å²) in [5, 5.41) is 1.27. The van der Waals surface area contributed by atoms with E-state index >= 15 is 0 Å². The van der Waals surface area contributed by atoms with Crippen molar-refractivity contribution >= 4 is 28.1 Å². The largest absolute Gasteiger partial charge is 0.486 e. The van der Waals surface area contributed by atoms with Gasteiger partial charge in [0.05, 0.1) is 9.90 Å². The zero-order valence-electron chi connectivity index (χ0n) is 8.31. The first-order chi connectivity index (χ1) is 7.79. The van der Waals surface area contributed by atoms with Crippen molar-refractivity contribution in [3.63, 3.8) is 0 Å². The number of nitrogens with two attached hydrogens (primary N) is 1. The molecule has 0 saturated carbocycles. The van der Waals surface area contributed by atoms with E-state index in [2.05, 4.69) is 10.4 Å². The number of halogens is 1. The average Bonchev–Trinajstić information content (AvgIpc) is 2.76. The Morgan fingerprint density at radius 1 is 1.44 bits per heavy atom. The van der Waals surface area contributed by atoms with Crippen LogP contribution in [0.1, 0.15) is 4.88 Å². The fraction of sp³-hybridized carbons (Fsp3) is 0.100. The molecule has 0 unspecified atom stereocenters. The zero-order chi connectivity index (χ0) is 11.4. The van der Waals surface area contributed by atoms with Gasteiger partial charge < -0.3 is 4.74 Å². The Morgan fingerprint density at radius 2 is 2.25 bits per heavy atom. The van der Waals surface area contributed by atoms with Gasteiger partial charge in [-0.15, -0.1) is 0 Å². The second-order valence-corrected chi connectivity index (χ2v) is 4.52. The molecule has 3 N–H and O–H groups in total. The summed E-state index contributed by atoms with van der Waals surface area (Å²) >= 11 is 7.40. The summed E-state index contributed by atoms with van der Waals surface area (Å²) in [6, 6.07) is 7.35. The summed E-state index contributed by atoms with van der Waals surface area (Å²) < 4.78 is 5.55. The van der Waals surface area contributed by atoms with Gasteiger partial charge in [0.25, 0.3) is 0 Å². The lowest BCUT2D eigenvalue weighted by Gasteiger charge is -2.05. The quantitative estimate of drug-likeness (QED) is 0.651. The molecule has 0 spiro atoms. The maximum absolute atomic E-state index is 5.95. The Kier molecular flexibility index (Phi) is 3.61. The highest BCUT2D eigenvalue weighted by molar-refractivity contribution is 7.15. The van der Waals surface area contributed by atoms with Crippen LogP contribution in [-0.2, 0) is 6.61 Å². The molecule has 1 aromatic heterocycles. The molecule has 4 nitrogen and oxygen atoms in total. The Morgan fingerprint density at radius 3 is 2.94 bits per heavy atom. The van der Waals surface area contributed by atoms with Crippen LogP contribution in [0.25, 0.3) is 0 Å². The Balaban J connectivity index is 1.99. The lowest BCUT2D eigenvalue weighted by molar-refractivity contribution is 0.310. The second kappa shape index (κ2) is 5.16. The predicted molar refractivity (Wildman–Crippen MR) is 65.7 cm³/mol. The van der Waals surface area contributed by atoms with Crippen LogP contribution < -0.4 is 16.0 Å². The molecule has 16 heavy (non-hydrogen) atoms. The van der Waals surface area contributed by atoms with Gasteiger partial charge in [0.1, 0.15) is 12.4 Å². The molecule has 0 aliphatic heterocycles. The van der Waals surface area contributed by atoms with Gasteiger partial charge in [-0.1, -0.05) is 35.1 Å². The summed E-state index contributed by atoms with van der Waals surface area (Å²) in [5.74, 6) is 5.90. The lowest BCUT2D eigenvalue weighted by Crippen LogP contribution is -2.05. The Labute approximate surface area is 102 Å². The molecule has 1 aromatic carbocycles. The number of nitrogens with one attached hydrogen (secondary N) is 1. The molecule has 0 atom stereocenters. The maximum atomic E-state index is 5.95. The molecule has 0 amide bonds. The van der Waals surface area contributed by atoms with Gasteiger partial charge in [-0.25, -0.2) is 10.8 Å². The van der Waals surface area contributed by atoms with Crippen LogP contribution in [0.2, 0.25) is 5.02 Å². The van der Waals surface area contributed by atoms with Crippen LogP contribution in [0.3, 0.4) is 0 Å². The second-order valence-electron chi connectivity index (χ2n) is 3.00. The van der Waals surface area contributed by atoms with Crippen molar-refractivity contribution in [2.24, 2.45) is 5.84 Å². The number of nitrogen functional groups attached to an aromatic ring is 1. The number of nitrogens with zero attached hydrogens (tertiary/aromatic N) is 1. The minimum Gasteiger partial charge on any atom is -0.486 e. The SMILES string of the molecule is NNc1ncc(COc2ccccc2Cl)s1. The summed E-state index contributed by atoms with van der Waals surface area (Å²) in [5.41, 5.74) is 2.48. The molecule has 1 heterocycles. The Bertz CT molecular complexity index is 475. The third-order valence-electron chi connectivity index (χ3n) is 1.88. The molecule has 2 rings (SSSR count). The summed E-state index contributed by atoms with van der Waals surface area (Å²) in [7, 11) is 0. The number of hydrogen-bond donors (Lipinski definition) is 2. The van der Waals surface area contributed by atoms with Crippen LogP contribution in [0.15, 0.2) is 30.5 Å². The molecule has 0 saturated heterocycles. The summed E-state index contributed by atoms with van der Waals surface area (Å²) in [6.45, 7) is 0.434. The maximum Gasteiger partial charge on any atom is 0.197 e. The topological polar surface area (TPSA) is 60.2 Å². The van der Waals surface area contributed by atoms with Crippen molar-refractivity contribution in [3.8, 4) is 5.75 Å². The number of rotatable bonds is 4. The van der Waals surface area contributed by atoms with E-state index in [4.69, 9.17) is 22.2 Å². The van der Waals surface area contributed by atoms with Gasteiger partial charge in [0, 0.05) is 6.20 Å². The summed E-state index contributed by atoms with van der Waals surface area (Å²) in [4.78, 5) is 5.02. The minimum atomic E-state index is 0.434. The van der Waals surface area contributed by atoms with Crippen LogP contribution in [0.4, 0.5) is 5.13 Å². The standard InChI is InChI=1S/C10H10ClN3OS/c11-8-3-1-2-4-9(8)15-6-7-5-13-10(14-12)16-7/h1-5H,6,12H2,(H,13,14). The number of hydrazine groups is 1. The number of thiazole rings is 1. The average molecular weight is 256 g/mol. The summed E-state index contributed by atoms with van der Waals surface area (Å²) in [6.07, 6.45) is 1.72. The molecule has 0 fully saturated rings. The van der Waals surface area contributed by atoms with E-state index in [0.717, 1.165) is 4.88 Å². The monoisotopic (exact) mass is 255 g/mol. The van der Waals surface area contributed by atoms with E-state index in [9.17, 15) is 0 Å². The van der Waals surface area contributed by atoms with E-state index in [1.807, 2.05) is 18.2 Å².